The van der Waals surface area contributed by atoms with Crippen LogP contribution in [-0.4, -0.2) is 18.2 Å². The maximum absolute atomic E-state index is 11.7. The van der Waals surface area contributed by atoms with Crippen LogP contribution in [0.4, 0.5) is 0 Å². The molecule has 0 aliphatic carbocycles. The highest BCUT2D eigenvalue weighted by Gasteiger charge is 2.29. The molecule has 180 valence electrons. The van der Waals surface area contributed by atoms with Crippen LogP contribution >= 0.6 is 0 Å². The molecule has 4 rings (SSSR count). The summed E-state index contributed by atoms with van der Waals surface area (Å²) in [5.74, 6) is 0.0223. The van der Waals surface area contributed by atoms with Gasteiger partial charge in [-0.05, 0) is 90.6 Å². The maximum atomic E-state index is 11.7. The fourth-order valence-corrected chi connectivity index (χ4v) is 4.49. The molecule has 0 saturated carbocycles. The van der Waals surface area contributed by atoms with E-state index in [1.165, 1.54) is 21.9 Å². The number of nitrogens with one attached hydrogen (secondary N) is 1. The number of hydrogen-bond acceptors (Lipinski definition) is 3. The van der Waals surface area contributed by atoms with Crippen molar-refractivity contribution in [3.05, 3.63) is 102 Å². The SMILES string of the molecule is COc1cccc([C@@H](C)N[C@@H](C)c2cc(-c3ccc(C(C)(C)C(=O)O)cc3)c3ccccc3c2)c1. The summed E-state index contributed by atoms with van der Waals surface area (Å²) in [6.45, 7) is 7.81. The monoisotopic (exact) mass is 467 g/mol. The molecule has 0 heterocycles. The zero-order chi connectivity index (χ0) is 25.2. The number of carboxylic acids is 1. The van der Waals surface area contributed by atoms with Crippen molar-refractivity contribution in [2.24, 2.45) is 0 Å². The first kappa shape index (κ1) is 24.5. The van der Waals surface area contributed by atoms with E-state index in [0.29, 0.717) is 0 Å². The molecule has 0 radical (unpaired) electrons. The third kappa shape index (κ3) is 5.08. The second kappa shape index (κ2) is 9.93. The molecule has 0 fully saturated rings. The van der Waals surface area contributed by atoms with Gasteiger partial charge in [-0.1, -0.05) is 60.7 Å². The lowest BCUT2D eigenvalue weighted by atomic mass is 9.83. The van der Waals surface area contributed by atoms with Crippen molar-refractivity contribution in [1.29, 1.82) is 0 Å². The van der Waals surface area contributed by atoms with Crippen molar-refractivity contribution < 1.29 is 14.6 Å². The Hall–Kier alpha value is -3.63. The summed E-state index contributed by atoms with van der Waals surface area (Å²) in [5.41, 5.74) is 4.44. The number of fused-ring (bicyclic) bond motifs is 1. The van der Waals surface area contributed by atoms with Gasteiger partial charge < -0.3 is 15.2 Å². The Balaban J connectivity index is 1.69. The van der Waals surface area contributed by atoms with E-state index in [1.54, 1.807) is 21.0 Å². The highest BCUT2D eigenvalue weighted by Crippen LogP contribution is 2.34. The van der Waals surface area contributed by atoms with E-state index in [2.05, 4.69) is 67.7 Å². The summed E-state index contributed by atoms with van der Waals surface area (Å²) >= 11 is 0. The van der Waals surface area contributed by atoms with Crippen molar-refractivity contribution in [3.8, 4) is 16.9 Å². The van der Waals surface area contributed by atoms with E-state index < -0.39 is 11.4 Å². The normalized spacial score (nSPS) is 13.4. The van der Waals surface area contributed by atoms with E-state index in [4.69, 9.17) is 4.74 Å². The molecule has 2 N–H and O–H groups in total. The van der Waals surface area contributed by atoms with Crippen LogP contribution in [0.25, 0.3) is 21.9 Å². The minimum Gasteiger partial charge on any atom is -0.497 e. The first-order chi connectivity index (χ1) is 16.7. The third-order valence-electron chi connectivity index (χ3n) is 6.93. The molecule has 35 heavy (non-hydrogen) atoms. The number of rotatable bonds is 8. The van der Waals surface area contributed by atoms with E-state index in [-0.39, 0.29) is 12.1 Å². The van der Waals surface area contributed by atoms with E-state index in [1.807, 2.05) is 36.4 Å². The van der Waals surface area contributed by atoms with Gasteiger partial charge in [-0.3, -0.25) is 4.79 Å². The van der Waals surface area contributed by atoms with Crippen LogP contribution in [-0.2, 0) is 10.2 Å². The number of carboxylic acid groups (broad SMARTS) is 1. The molecule has 4 nitrogen and oxygen atoms in total. The molecular formula is C31H33NO3. The predicted molar refractivity (Wildman–Crippen MR) is 143 cm³/mol. The van der Waals surface area contributed by atoms with Gasteiger partial charge in [0.25, 0.3) is 0 Å². The summed E-state index contributed by atoms with van der Waals surface area (Å²) in [5, 5.41) is 15.7. The van der Waals surface area contributed by atoms with E-state index in [0.717, 1.165) is 22.4 Å². The van der Waals surface area contributed by atoms with Crippen LogP contribution < -0.4 is 10.1 Å². The lowest BCUT2D eigenvalue weighted by molar-refractivity contribution is -0.142. The molecule has 0 aliphatic heterocycles. The van der Waals surface area contributed by atoms with Crippen LogP contribution in [0, 0.1) is 0 Å². The number of hydrogen-bond donors (Lipinski definition) is 2. The summed E-state index contributed by atoms with van der Waals surface area (Å²) < 4.78 is 5.39. The van der Waals surface area contributed by atoms with E-state index in [9.17, 15) is 9.90 Å². The van der Waals surface area contributed by atoms with Crippen LogP contribution in [0.1, 0.15) is 56.5 Å². The standard InChI is InChI=1S/C31H33NO3/c1-20(23-10-8-11-27(18-23)35-5)32-21(2)25-17-24-9-6-7-12-28(24)29(19-25)22-13-15-26(16-14-22)31(3,4)30(33)34/h6-21,32H,1-5H3,(H,33,34)/t20-,21+/m1/s1. The maximum Gasteiger partial charge on any atom is 0.313 e. The highest BCUT2D eigenvalue weighted by atomic mass is 16.5. The fraction of sp³-hybridized carbons (Fsp3) is 0.258. The summed E-state index contributed by atoms with van der Waals surface area (Å²) in [7, 11) is 1.69. The molecule has 0 bridgehead atoms. The first-order valence-corrected chi connectivity index (χ1v) is 12.0. The third-order valence-corrected chi connectivity index (χ3v) is 6.93. The Kier molecular flexibility index (Phi) is 6.95. The molecule has 0 saturated heterocycles. The molecule has 4 heteroatoms. The smallest absolute Gasteiger partial charge is 0.313 e. The van der Waals surface area contributed by atoms with Gasteiger partial charge in [-0.25, -0.2) is 0 Å². The zero-order valence-electron chi connectivity index (χ0n) is 21.0. The molecule has 0 aliphatic rings. The molecule has 4 aromatic rings. The Labute approximate surface area is 207 Å². The first-order valence-electron chi connectivity index (χ1n) is 12.0. The Morgan fingerprint density at radius 2 is 1.54 bits per heavy atom. The molecule has 0 amide bonds. The number of benzene rings is 4. The van der Waals surface area contributed by atoms with Crippen molar-refractivity contribution in [2.45, 2.75) is 45.2 Å². The van der Waals surface area contributed by atoms with Gasteiger partial charge in [0.1, 0.15) is 5.75 Å². The zero-order valence-corrected chi connectivity index (χ0v) is 21.0. The minimum atomic E-state index is -0.933. The average Bonchev–Trinajstić information content (AvgIpc) is 2.88. The second-order valence-corrected chi connectivity index (χ2v) is 9.68. The minimum absolute atomic E-state index is 0.116. The number of ether oxygens (including phenoxy) is 1. The van der Waals surface area contributed by atoms with Crippen molar-refractivity contribution in [1.82, 2.24) is 5.32 Å². The number of aliphatic carboxylic acids is 1. The molecule has 2 atom stereocenters. The average molecular weight is 468 g/mol. The van der Waals surface area contributed by atoms with Gasteiger partial charge in [-0.2, -0.15) is 0 Å². The van der Waals surface area contributed by atoms with Crippen molar-refractivity contribution in [3.63, 3.8) is 0 Å². The largest absolute Gasteiger partial charge is 0.497 e. The quantitative estimate of drug-likeness (QED) is 0.286. The molecule has 0 unspecified atom stereocenters. The van der Waals surface area contributed by atoms with Crippen molar-refractivity contribution >= 4 is 16.7 Å². The number of methoxy groups -OCH3 is 1. The Morgan fingerprint density at radius 1 is 0.857 bits per heavy atom. The molecule has 0 spiro atoms. The van der Waals surface area contributed by atoms with Crippen LogP contribution in [0.15, 0.2) is 84.9 Å². The Bertz CT molecular complexity index is 1340. The van der Waals surface area contributed by atoms with Crippen LogP contribution in [0.2, 0.25) is 0 Å². The van der Waals surface area contributed by atoms with Crippen molar-refractivity contribution in [2.75, 3.05) is 7.11 Å². The van der Waals surface area contributed by atoms with Gasteiger partial charge in [0.2, 0.25) is 0 Å². The molecule has 0 aromatic heterocycles. The Morgan fingerprint density at radius 3 is 2.23 bits per heavy atom. The summed E-state index contributed by atoms with van der Waals surface area (Å²) in [4.78, 5) is 11.7. The number of carbonyl (C=O) groups is 1. The van der Waals surface area contributed by atoms with Crippen LogP contribution in [0.3, 0.4) is 0 Å². The topological polar surface area (TPSA) is 58.6 Å². The van der Waals surface area contributed by atoms with Gasteiger partial charge in [0, 0.05) is 12.1 Å². The van der Waals surface area contributed by atoms with Gasteiger partial charge in [0.05, 0.1) is 12.5 Å². The van der Waals surface area contributed by atoms with Gasteiger partial charge in [-0.15, -0.1) is 0 Å². The highest BCUT2D eigenvalue weighted by molar-refractivity contribution is 5.97. The lowest BCUT2D eigenvalue weighted by Gasteiger charge is -2.23. The predicted octanol–water partition coefficient (Wildman–Crippen LogP) is 7.29. The van der Waals surface area contributed by atoms with Gasteiger partial charge in [0.15, 0.2) is 0 Å². The second-order valence-electron chi connectivity index (χ2n) is 9.68. The van der Waals surface area contributed by atoms with Gasteiger partial charge >= 0.3 is 5.97 Å². The summed E-state index contributed by atoms with van der Waals surface area (Å²) in [6.07, 6.45) is 0. The summed E-state index contributed by atoms with van der Waals surface area (Å²) in [6, 6.07) is 29.2. The lowest BCUT2D eigenvalue weighted by Crippen LogP contribution is -2.28. The van der Waals surface area contributed by atoms with Crippen LogP contribution in [0.5, 0.6) is 5.75 Å². The molecule has 4 aromatic carbocycles. The van der Waals surface area contributed by atoms with E-state index >= 15 is 0 Å². The molecular weight excluding hydrogens is 434 g/mol. The fourth-order valence-electron chi connectivity index (χ4n) is 4.49.